The summed E-state index contributed by atoms with van der Waals surface area (Å²) < 4.78 is 0. The third-order valence-corrected chi connectivity index (χ3v) is 3.72. The zero-order valence-electron chi connectivity index (χ0n) is 11.1. The fourth-order valence-corrected chi connectivity index (χ4v) is 2.35. The number of pyridine rings is 1. The zero-order valence-corrected chi connectivity index (χ0v) is 11.1. The molecule has 3 nitrogen and oxygen atoms in total. The molecule has 0 saturated carbocycles. The predicted molar refractivity (Wildman–Crippen MR) is 72.1 cm³/mol. The SMILES string of the molecule is CC(N)c1cccnc1N1CCC(C)(C)CC1. The molecule has 1 fully saturated rings. The first-order chi connectivity index (χ1) is 7.99. The van der Waals surface area contributed by atoms with Crippen molar-refractivity contribution in [3.05, 3.63) is 23.9 Å². The summed E-state index contributed by atoms with van der Waals surface area (Å²) in [5.41, 5.74) is 7.64. The highest BCUT2D eigenvalue weighted by Crippen LogP contribution is 2.33. The Balaban J connectivity index is 2.18. The molecule has 0 aliphatic carbocycles. The molecule has 1 aromatic rings. The molecule has 94 valence electrons. The zero-order chi connectivity index (χ0) is 12.5. The molecular formula is C14H23N3. The van der Waals surface area contributed by atoms with Gasteiger partial charge in [-0.15, -0.1) is 0 Å². The molecule has 2 N–H and O–H groups in total. The molecule has 3 heteroatoms. The lowest BCUT2D eigenvalue weighted by atomic mass is 9.82. The number of piperidine rings is 1. The van der Waals surface area contributed by atoms with Gasteiger partial charge in [-0.1, -0.05) is 19.9 Å². The van der Waals surface area contributed by atoms with Gasteiger partial charge in [0.1, 0.15) is 5.82 Å². The maximum atomic E-state index is 6.01. The molecule has 2 heterocycles. The summed E-state index contributed by atoms with van der Waals surface area (Å²) in [4.78, 5) is 6.90. The van der Waals surface area contributed by atoms with Crippen molar-refractivity contribution in [2.75, 3.05) is 18.0 Å². The van der Waals surface area contributed by atoms with Crippen molar-refractivity contribution in [1.29, 1.82) is 0 Å². The van der Waals surface area contributed by atoms with E-state index in [1.807, 2.05) is 19.2 Å². The van der Waals surface area contributed by atoms with E-state index >= 15 is 0 Å². The Morgan fingerprint density at radius 3 is 2.59 bits per heavy atom. The molecule has 1 aromatic heterocycles. The van der Waals surface area contributed by atoms with Gasteiger partial charge in [-0.3, -0.25) is 0 Å². The quantitative estimate of drug-likeness (QED) is 0.854. The Morgan fingerprint density at radius 1 is 1.35 bits per heavy atom. The average molecular weight is 233 g/mol. The van der Waals surface area contributed by atoms with E-state index in [1.54, 1.807) is 0 Å². The lowest BCUT2D eigenvalue weighted by Crippen LogP contribution is -2.38. The van der Waals surface area contributed by atoms with Gasteiger partial charge in [0.05, 0.1) is 0 Å². The third kappa shape index (κ3) is 2.78. The minimum atomic E-state index is 0.0497. The van der Waals surface area contributed by atoms with Gasteiger partial charge < -0.3 is 10.6 Å². The van der Waals surface area contributed by atoms with Crippen LogP contribution in [0.4, 0.5) is 5.82 Å². The number of hydrogen-bond acceptors (Lipinski definition) is 3. The number of anilines is 1. The summed E-state index contributed by atoms with van der Waals surface area (Å²) in [6, 6.07) is 4.11. The fraction of sp³-hybridized carbons (Fsp3) is 0.643. The molecule has 0 bridgehead atoms. The lowest BCUT2D eigenvalue weighted by Gasteiger charge is -2.38. The predicted octanol–water partition coefficient (Wildman–Crippen LogP) is 2.73. The Bertz CT molecular complexity index is 375. The molecule has 17 heavy (non-hydrogen) atoms. The van der Waals surface area contributed by atoms with Gasteiger partial charge in [0.25, 0.3) is 0 Å². The second kappa shape index (κ2) is 4.65. The molecule has 0 radical (unpaired) electrons. The van der Waals surface area contributed by atoms with Crippen molar-refractivity contribution in [3.8, 4) is 0 Å². The van der Waals surface area contributed by atoms with Crippen molar-refractivity contribution in [1.82, 2.24) is 4.98 Å². The summed E-state index contributed by atoms with van der Waals surface area (Å²) in [6.45, 7) is 8.88. The summed E-state index contributed by atoms with van der Waals surface area (Å²) in [7, 11) is 0. The first-order valence-corrected chi connectivity index (χ1v) is 6.45. The number of rotatable bonds is 2. The van der Waals surface area contributed by atoms with E-state index in [9.17, 15) is 0 Å². The molecular weight excluding hydrogens is 210 g/mol. The number of hydrogen-bond donors (Lipinski definition) is 1. The highest BCUT2D eigenvalue weighted by atomic mass is 15.2. The second-order valence-corrected chi connectivity index (χ2v) is 5.86. The Labute approximate surface area is 104 Å². The minimum absolute atomic E-state index is 0.0497. The van der Waals surface area contributed by atoms with Crippen LogP contribution in [0.1, 0.15) is 45.2 Å². The summed E-state index contributed by atoms with van der Waals surface area (Å²) in [5.74, 6) is 1.08. The summed E-state index contributed by atoms with van der Waals surface area (Å²) >= 11 is 0. The van der Waals surface area contributed by atoms with Crippen molar-refractivity contribution in [2.24, 2.45) is 11.1 Å². The van der Waals surface area contributed by atoms with Crippen LogP contribution in [0, 0.1) is 5.41 Å². The number of aromatic nitrogens is 1. The van der Waals surface area contributed by atoms with E-state index in [0.29, 0.717) is 5.41 Å². The Morgan fingerprint density at radius 2 is 2.00 bits per heavy atom. The van der Waals surface area contributed by atoms with Crippen molar-refractivity contribution < 1.29 is 0 Å². The van der Waals surface area contributed by atoms with Crippen LogP contribution < -0.4 is 10.6 Å². The molecule has 1 aliphatic rings. The average Bonchev–Trinajstić information content (AvgIpc) is 2.29. The minimum Gasteiger partial charge on any atom is -0.356 e. The Kier molecular flexibility index (Phi) is 3.38. The monoisotopic (exact) mass is 233 g/mol. The maximum absolute atomic E-state index is 6.01. The molecule has 1 saturated heterocycles. The van der Waals surface area contributed by atoms with E-state index in [-0.39, 0.29) is 6.04 Å². The Hall–Kier alpha value is -1.09. The second-order valence-electron chi connectivity index (χ2n) is 5.86. The number of nitrogens with zero attached hydrogens (tertiary/aromatic N) is 2. The van der Waals surface area contributed by atoms with Crippen LogP contribution in [0.25, 0.3) is 0 Å². The standard InChI is InChI=1S/C14H23N3/c1-11(15)12-5-4-8-16-13(12)17-9-6-14(2,3)7-10-17/h4-5,8,11H,6-7,9-10,15H2,1-3H3. The largest absolute Gasteiger partial charge is 0.356 e. The van der Waals surface area contributed by atoms with Crippen molar-refractivity contribution in [2.45, 2.75) is 39.7 Å². The van der Waals surface area contributed by atoms with Crippen LogP contribution in [0.15, 0.2) is 18.3 Å². The lowest BCUT2D eigenvalue weighted by molar-refractivity contribution is 0.279. The van der Waals surface area contributed by atoms with Crippen LogP contribution >= 0.6 is 0 Å². The summed E-state index contributed by atoms with van der Waals surface area (Å²) in [6.07, 6.45) is 4.31. The van der Waals surface area contributed by atoms with E-state index in [0.717, 1.165) is 24.5 Å². The normalized spacial score (nSPS) is 21.3. The van der Waals surface area contributed by atoms with E-state index in [4.69, 9.17) is 5.73 Å². The van der Waals surface area contributed by atoms with Gasteiger partial charge in [-0.05, 0) is 31.2 Å². The van der Waals surface area contributed by atoms with E-state index < -0.39 is 0 Å². The molecule has 1 atom stereocenters. The van der Waals surface area contributed by atoms with E-state index in [2.05, 4.69) is 29.8 Å². The first-order valence-electron chi connectivity index (χ1n) is 6.45. The van der Waals surface area contributed by atoms with Crippen LogP contribution in [-0.4, -0.2) is 18.1 Å². The van der Waals surface area contributed by atoms with Gasteiger partial charge in [0.15, 0.2) is 0 Å². The summed E-state index contributed by atoms with van der Waals surface area (Å²) in [5, 5.41) is 0. The van der Waals surface area contributed by atoms with Gasteiger partial charge in [-0.25, -0.2) is 4.98 Å². The molecule has 0 aromatic carbocycles. The molecule has 0 amide bonds. The van der Waals surface area contributed by atoms with Crippen molar-refractivity contribution in [3.63, 3.8) is 0 Å². The fourth-order valence-electron chi connectivity index (χ4n) is 2.35. The van der Waals surface area contributed by atoms with Gasteiger partial charge in [0.2, 0.25) is 0 Å². The van der Waals surface area contributed by atoms with Gasteiger partial charge in [0, 0.05) is 30.9 Å². The van der Waals surface area contributed by atoms with Crippen LogP contribution in [0.2, 0.25) is 0 Å². The highest BCUT2D eigenvalue weighted by Gasteiger charge is 2.27. The first kappa shape index (κ1) is 12.4. The van der Waals surface area contributed by atoms with Crippen LogP contribution in [-0.2, 0) is 0 Å². The van der Waals surface area contributed by atoms with Crippen LogP contribution in [0.5, 0.6) is 0 Å². The molecule has 1 unspecified atom stereocenters. The van der Waals surface area contributed by atoms with E-state index in [1.165, 1.54) is 12.8 Å². The van der Waals surface area contributed by atoms with Gasteiger partial charge in [-0.2, -0.15) is 0 Å². The van der Waals surface area contributed by atoms with Crippen molar-refractivity contribution >= 4 is 5.82 Å². The number of nitrogens with two attached hydrogens (primary N) is 1. The molecule has 1 aliphatic heterocycles. The van der Waals surface area contributed by atoms with Gasteiger partial charge >= 0.3 is 0 Å². The van der Waals surface area contributed by atoms with Crippen LogP contribution in [0.3, 0.4) is 0 Å². The topological polar surface area (TPSA) is 42.1 Å². The highest BCUT2D eigenvalue weighted by molar-refractivity contribution is 5.48. The third-order valence-electron chi connectivity index (χ3n) is 3.72. The molecule has 2 rings (SSSR count). The smallest absolute Gasteiger partial charge is 0.133 e. The maximum Gasteiger partial charge on any atom is 0.133 e. The molecule has 0 spiro atoms.